The third-order valence-electron chi connectivity index (χ3n) is 16.3. The lowest BCUT2D eigenvalue weighted by atomic mass is 9.87. The lowest BCUT2D eigenvalue weighted by Crippen LogP contribution is -1.94. The van der Waals surface area contributed by atoms with E-state index in [0.29, 0.717) is 0 Å². The summed E-state index contributed by atoms with van der Waals surface area (Å²) in [6, 6.07) is 102. The Balaban J connectivity index is 0.832. The molecule has 0 aliphatic heterocycles. The molecule has 0 aliphatic rings. The van der Waals surface area contributed by atoms with Gasteiger partial charge in [0.25, 0.3) is 0 Å². The number of rotatable bonds is 5. The van der Waals surface area contributed by atoms with Crippen molar-refractivity contribution >= 4 is 108 Å². The molecule has 0 fully saturated rings. The van der Waals surface area contributed by atoms with Crippen molar-refractivity contribution in [2.45, 2.75) is 0 Å². The highest BCUT2D eigenvalue weighted by Crippen LogP contribution is 2.45. The predicted molar refractivity (Wildman–Crippen MR) is 323 cm³/mol. The molecule has 1 heteroatoms. The fourth-order valence-corrected chi connectivity index (χ4v) is 12.8. The summed E-state index contributed by atoms with van der Waals surface area (Å²) < 4.78 is 2.45. The van der Waals surface area contributed by atoms with E-state index in [-0.39, 0.29) is 0 Å². The molecule has 0 bridgehead atoms. The minimum Gasteiger partial charge on any atom is -0.309 e. The monoisotopic (exact) mass is 947 g/mol. The summed E-state index contributed by atoms with van der Waals surface area (Å²) in [5.41, 5.74) is 13.3. The second-order valence-electron chi connectivity index (χ2n) is 20.3. The summed E-state index contributed by atoms with van der Waals surface area (Å²) in [4.78, 5) is 0. The van der Waals surface area contributed by atoms with Gasteiger partial charge in [-0.2, -0.15) is 0 Å². The average molecular weight is 948 g/mol. The van der Waals surface area contributed by atoms with Crippen LogP contribution in [0.15, 0.2) is 273 Å². The van der Waals surface area contributed by atoms with Crippen LogP contribution in [-0.4, -0.2) is 4.57 Å². The molecule has 0 saturated heterocycles. The van der Waals surface area contributed by atoms with Crippen LogP contribution in [-0.2, 0) is 0 Å². The minimum absolute atomic E-state index is 1.14. The molecule has 1 heterocycles. The fraction of sp³-hybridized carbons (Fsp3) is 0. The van der Waals surface area contributed by atoms with Gasteiger partial charge in [-0.1, -0.05) is 224 Å². The first-order valence-corrected chi connectivity index (χ1v) is 26.1. The molecular weight excluding hydrogens is 903 g/mol. The van der Waals surface area contributed by atoms with Crippen molar-refractivity contribution < 1.29 is 0 Å². The molecule has 16 aromatic rings. The van der Waals surface area contributed by atoms with Crippen LogP contribution in [0.3, 0.4) is 0 Å². The first-order chi connectivity index (χ1) is 37.2. The average Bonchev–Trinajstić information content (AvgIpc) is 3.82. The van der Waals surface area contributed by atoms with Crippen molar-refractivity contribution in [3.63, 3.8) is 0 Å². The molecule has 16 rings (SSSR count). The van der Waals surface area contributed by atoms with Gasteiger partial charge >= 0.3 is 0 Å². The highest BCUT2D eigenvalue weighted by atomic mass is 15.0. The van der Waals surface area contributed by atoms with Gasteiger partial charge in [-0.15, -0.1) is 0 Å². The number of fused-ring (bicyclic) bond motifs is 17. The zero-order chi connectivity index (χ0) is 49.1. The summed E-state index contributed by atoms with van der Waals surface area (Å²) in [6.07, 6.45) is 0. The number of benzene rings is 15. The smallest absolute Gasteiger partial charge is 0.0541 e. The molecule has 15 aromatic carbocycles. The molecule has 0 amide bonds. The van der Waals surface area contributed by atoms with E-state index in [1.54, 1.807) is 0 Å². The predicted octanol–water partition coefficient (Wildman–Crippen LogP) is 20.7. The van der Waals surface area contributed by atoms with Gasteiger partial charge in [0.15, 0.2) is 0 Å². The second kappa shape index (κ2) is 16.3. The highest BCUT2D eigenvalue weighted by Gasteiger charge is 2.18. The van der Waals surface area contributed by atoms with Gasteiger partial charge in [0.1, 0.15) is 0 Å². The Bertz CT molecular complexity index is 5050. The van der Waals surface area contributed by atoms with Crippen LogP contribution in [0.5, 0.6) is 0 Å². The number of hydrogen-bond donors (Lipinski definition) is 0. The fourth-order valence-electron chi connectivity index (χ4n) is 12.8. The maximum Gasteiger partial charge on any atom is 0.0541 e. The van der Waals surface area contributed by atoms with Gasteiger partial charge < -0.3 is 4.57 Å². The maximum absolute atomic E-state index is 2.45. The lowest BCUT2D eigenvalue weighted by Gasteiger charge is -2.16. The molecule has 0 radical (unpaired) electrons. The molecular formula is C74H45N. The van der Waals surface area contributed by atoms with E-state index in [1.165, 1.54) is 152 Å². The van der Waals surface area contributed by atoms with Gasteiger partial charge in [0.05, 0.1) is 11.0 Å². The Morgan fingerprint density at radius 2 is 0.653 bits per heavy atom. The lowest BCUT2D eigenvalue weighted by molar-refractivity contribution is 1.18. The van der Waals surface area contributed by atoms with Crippen molar-refractivity contribution in [2.24, 2.45) is 0 Å². The Labute approximate surface area is 433 Å². The van der Waals surface area contributed by atoms with Crippen LogP contribution in [0.1, 0.15) is 0 Å². The van der Waals surface area contributed by atoms with Crippen molar-refractivity contribution in [2.75, 3.05) is 0 Å². The van der Waals surface area contributed by atoms with E-state index in [2.05, 4.69) is 278 Å². The number of hydrogen-bond acceptors (Lipinski definition) is 0. The Hall–Kier alpha value is -9.82. The Morgan fingerprint density at radius 1 is 0.187 bits per heavy atom. The number of nitrogens with zero attached hydrogens (tertiary/aromatic N) is 1. The van der Waals surface area contributed by atoms with E-state index >= 15 is 0 Å². The van der Waals surface area contributed by atoms with E-state index in [0.717, 1.165) is 5.69 Å². The topological polar surface area (TPSA) is 4.93 Å². The van der Waals surface area contributed by atoms with Gasteiger partial charge in [-0.05, 0) is 179 Å². The van der Waals surface area contributed by atoms with Crippen molar-refractivity contribution in [1.29, 1.82) is 0 Å². The minimum atomic E-state index is 1.14. The molecule has 0 aliphatic carbocycles. The van der Waals surface area contributed by atoms with Crippen LogP contribution in [0.2, 0.25) is 0 Å². The van der Waals surface area contributed by atoms with Crippen LogP contribution in [0.4, 0.5) is 0 Å². The largest absolute Gasteiger partial charge is 0.309 e. The van der Waals surface area contributed by atoms with Crippen LogP contribution < -0.4 is 0 Å². The summed E-state index contributed by atoms with van der Waals surface area (Å²) in [6.45, 7) is 0. The van der Waals surface area contributed by atoms with Crippen LogP contribution in [0.25, 0.3) is 158 Å². The summed E-state index contributed by atoms with van der Waals surface area (Å²) in [5.74, 6) is 0. The van der Waals surface area contributed by atoms with Gasteiger partial charge in [0, 0.05) is 16.5 Å². The normalized spacial score (nSPS) is 12.0. The SMILES string of the molecule is c1ccc(-c2cccc(-c3cc4ccc5ccc6c(-c7cccc(-n8c9ccccc9c9cc(-c%10ccc%11ccc%12ccc%13ccc%14ccccc%14c%13c%12c%11c%10)ccc98)c7)cccc6c5c4c4ccccc34)c2)cc1. The Morgan fingerprint density at radius 3 is 1.45 bits per heavy atom. The van der Waals surface area contributed by atoms with E-state index in [9.17, 15) is 0 Å². The van der Waals surface area contributed by atoms with Crippen molar-refractivity contribution in [3.05, 3.63) is 273 Å². The van der Waals surface area contributed by atoms with Gasteiger partial charge in [0.2, 0.25) is 0 Å². The summed E-state index contributed by atoms with van der Waals surface area (Å²) in [5, 5.41) is 22.9. The zero-order valence-electron chi connectivity index (χ0n) is 40.9. The molecule has 346 valence electrons. The van der Waals surface area contributed by atoms with Crippen molar-refractivity contribution in [1.82, 2.24) is 4.57 Å². The first kappa shape index (κ1) is 41.8. The van der Waals surface area contributed by atoms with Crippen LogP contribution >= 0.6 is 0 Å². The van der Waals surface area contributed by atoms with Gasteiger partial charge in [-0.25, -0.2) is 0 Å². The molecule has 1 aromatic heterocycles. The molecule has 0 unspecified atom stereocenters. The van der Waals surface area contributed by atoms with Crippen molar-refractivity contribution in [3.8, 4) is 50.2 Å². The Kier molecular flexibility index (Phi) is 9.10. The molecule has 0 saturated carbocycles. The first-order valence-electron chi connectivity index (χ1n) is 26.1. The standard InChI is InChI=1S/C74H45N/c1-2-13-46(14-3-1)52-16-10-17-55(41-52)66-45-57-36-34-51-37-39-62-59(24-12-25-65(62)72(51)74(57)64-23-7-6-21-61(64)66)56-18-11-19-58(42-56)75-69-26-9-8-22-63(69)68-44-54(38-40-70(68)75)53-35-29-48-28-31-50-33-32-49-30-27-47-15-4-5-20-60(47)71(49)73(50)67(48)43-53/h1-45H. The highest BCUT2D eigenvalue weighted by molar-refractivity contribution is 6.31. The molecule has 0 N–H and O–H groups in total. The molecule has 0 atom stereocenters. The van der Waals surface area contributed by atoms with E-state index < -0.39 is 0 Å². The van der Waals surface area contributed by atoms with Crippen LogP contribution in [0, 0.1) is 0 Å². The van der Waals surface area contributed by atoms with E-state index in [4.69, 9.17) is 0 Å². The van der Waals surface area contributed by atoms with Gasteiger partial charge in [-0.3, -0.25) is 0 Å². The number of aromatic nitrogens is 1. The third kappa shape index (κ3) is 6.45. The summed E-state index contributed by atoms with van der Waals surface area (Å²) in [7, 11) is 0. The quantitative estimate of drug-likeness (QED) is 0.152. The number of para-hydroxylation sites is 1. The van der Waals surface area contributed by atoms with E-state index in [1.807, 2.05) is 0 Å². The third-order valence-corrected chi connectivity index (χ3v) is 16.3. The molecule has 1 nitrogen and oxygen atoms in total. The molecule has 75 heavy (non-hydrogen) atoms. The summed E-state index contributed by atoms with van der Waals surface area (Å²) >= 11 is 0. The maximum atomic E-state index is 2.45. The second-order valence-corrected chi connectivity index (χ2v) is 20.3. The molecule has 0 spiro atoms. The zero-order valence-corrected chi connectivity index (χ0v) is 40.9.